The Morgan fingerprint density at radius 1 is 1.08 bits per heavy atom. The number of thiazole rings is 1. The molecule has 26 heavy (non-hydrogen) atoms. The number of carbonyl (C=O) groups is 1. The van der Waals surface area contributed by atoms with Gasteiger partial charge in [-0.15, -0.1) is 0 Å². The van der Waals surface area contributed by atoms with Gasteiger partial charge >= 0.3 is 0 Å². The first-order chi connectivity index (χ1) is 12.5. The maximum Gasteiger partial charge on any atom is 0.266 e. The molecule has 0 N–H and O–H groups in total. The van der Waals surface area contributed by atoms with E-state index in [1.807, 2.05) is 69.6 Å². The maximum atomic E-state index is 12.8. The van der Waals surface area contributed by atoms with Gasteiger partial charge in [0.2, 0.25) is 0 Å². The minimum Gasteiger partial charge on any atom is -0.484 e. The predicted molar refractivity (Wildman–Crippen MR) is 107 cm³/mol. The molecule has 5 nitrogen and oxygen atoms in total. The van der Waals surface area contributed by atoms with Crippen LogP contribution in [0.25, 0.3) is 10.2 Å². The molecule has 2 aromatic carbocycles. The van der Waals surface area contributed by atoms with E-state index >= 15 is 0 Å². The molecule has 1 heterocycles. The molecule has 0 aliphatic carbocycles. The topological polar surface area (TPSA) is 45.7 Å². The summed E-state index contributed by atoms with van der Waals surface area (Å²) in [5.74, 6) is 0.598. The molecule has 0 saturated heterocycles. The molecule has 0 saturated carbocycles. The third-order valence-corrected chi connectivity index (χ3v) is 5.06. The smallest absolute Gasteiger partial charge is 0.266 e. The van der Waals surface area contributed by atoms with Gasteiger partial charge in [-0.3, -0.25) is 9.69 Å². The minimum atomic E-state index is -0.0904. The molecule has 0 fully saturated rings. The number of hydrogen-bond donors (Lipinski definition) is 0. The van der Waals surface area contributed by atoms with E-state index in [-0.39, 0.29) is 12.5 Å². The van der Waals surface area contributed by atoms with Crippen molar-refractivity contribution in [2.75, 3.05) is 38.7 Å². The summed E-state index contributed by atoms with van der Waals surface area (Å²) in [7, 11) is 3.98. The standard InChI is InChI=1S/C20H23N3O2S/c1-15-8-7-11-17-19(15)21-20(26-17)23(13-12-22(2)3)18(24)14-25-16-9-5-4-6-10-16/h4-11H,12-14H2,1-3H3. The lowest BCUT2D eigenvalue weighted by Gasteiger charge is -2.22. The lowest BCUT2D eigenvalue weighted by Crippen LogP contribution is -2.39. The van der Waals surface area contributed by atoms with Crippen molar-refractivity contribution in [2.24, 2.45) is 0 Å². The summed E-state index contributed by atoms with van der Waals surface area (Å²) in [6.07, 6.45) is 0. The lowest BCUT2D eigenvalue weighted by atomic mass is 10.2. The van der Waals surface area contributed by atoms with Crippen LogP contribution in [0.4, 0.5) is 5.13 Å². The van der Waals surface area contributed by atoms with E-state index in [9.17, 15) is 4.79 Å². The second kappa shape index (κ2) is 8.29. The highest BCUT2D eigenvalue weighted by Crippen LogP contribution is 2.30. The Hall–Kier alpha value is -2.44. The number of ether oxygens (including phenoxy) is 1. The summed E-state index contributed by atoms with van der Waals surface area (Å²) in [5, 5.41) is 0.720. The second-order valence-electron chi connectivity index (χ2n) is 6.37. The van der Waals surface area contributed by atoms with Crippen LogP contribution in [-0.2, 0) is 4.79 Å². The molecular formula is C20H23N3O2S. The Kier molecular flexibility index (Phi) is 5.85. The van der Waals surface area contributed by atoms with E-state index in [4.69, 9.17) is 9.72 Å². The number of fused-ring (bicyclic) bond motifs is 1. The number of benzene rings is 2. The highest BCUT2D eigenvalue weighted by Gasteiger charge is 2.21. The fourth-order valence-corrected chi connectivity index (χ4v) is 3.64. The van der Waals surface area contributed by atoms with Gasteiger partial charge in [-0.25, -0.2) is 4.98 Å². The fraction of sp³-hybridized carbons (Fsp3) is 0.300. The third kappa shape index (κ3) is 4.39. The van der Waals surface area contributed by atoms with Gasteiger partial charge in [0.25, 0.3) is 5.91 Å². The first kappa shape index (κ1) is 18.4. The summed E-state index contributed by atoms with van der Waals surface area (Å²) in [4.78, 5) is 21.3. The normalized spacial score (nSPS) is 11.1. The second-order valence-corrected chi connectivity index (χ2v) is 7.38. The Bertz CT molecular complexity index is 877. The van der Waals surface area contributed by atoms with E-state index in [0.29, 0.717) is 12.3 Å². The van der Waals surface area contributed by atoms with Crippen LogP contribution >= 0.6 is 11.3 Å². The molecule has 1 amide bonds. The molecular weight excluding hydrogens is 346 g/mol. The predicted octanol–water partition coefficient (Wildman–Crippen LogP) is 3.58. The van der Waals surface area contributed by atoms with Gasteiger partial charge in [-0.2, -0.15) is 0 Å². The zero-order chi connectivity index (χ0) is 18.5. The van der Waals surface area contributed by atoms with E-state index in [2.05, 4.69) is 4.90 Å². The van der Waals surface area contributed by atoms with E-state index in [1.165, 1.54) is 0 Å². The van der Waals surface area contributed by atoms with Crippen LogP contribution in [0.3, 0.4) is 0 Å². The molecule has 0 atom stereocenters. The van der Waals surface area contributed by atoms with Gasteiger partial charge < -0.3 is 9.64 Å². The molecule has 0 aliphatic heterocycles. The number of rotatable bonds is 7. The highest BCUT2D eigenvalue weighted by molar-refractivity contribution is 7.22. The largest absolute Gasteiger partial charge is 0.484 e. The summed E-state index contributed by atoms with van der Waals surface area (Å²) in [6, 6.07) is 15.5. The van der Waals surface area contributed by atoms with Crippen LogP contribution in [-0.4, -0.2) is 49.6 Å². The minimum absolute atomic E-state index is 0.00759. The lowest BCUT2D eigenvalue weighted by molar-refractivity contribution is -0.120. The zero-order valence-corrected chi connectivity index (χ0v) is 16.1. The van der Waals surface area contributed by atoms with Gasteiger partial charge in [0.1, 0.15) is 5.75 Å². The number of likely N-dealkylation sites (N-methyl/N-ethyl adjacent to an activating group) is 1. The van der Waals surface area contributed by atoms with Crippen LogP contribution in [0, 0.1) is 6.92 Å². The SMILES string of the molecule is Cc1cccc2sc(N(CCN(C)C)C(=O)COc3ccccc3)nc12. The van der Waals surface area contributed by atoms with Crippen molar-refractivity contribution in [3.05, 3.63) is 54.1 Å². The first-order valence-electron chi connectivity index (χ1n) is 8.53. The average molecular weight is 369 g/mol. The van der Waals surface area contributed by atoms with Crippen molar-refractivity contribution in [3.8, 4) is 5.75 Å². The molecule has 0 spiro atoms. The third-order valence-electron chi connectivity index (χ3n) is 4.02. The zero-order valence-electron chi connectivity index (χ0n) is 15.3. The van der Waals surface area contributed by atoms with Crippen molar-refractivity contribution < 1.29 is 9.53 Å². The summed E-state index contributed by atoms with van der Waals surface area (Å²) in [5.41, 5.74) is 2.07. The molecule has 1 aromatic heterocycles. The van der Waals surface area contributed by atoms with Gasteiger partial charge in [-0.1, -0.05) is 41.7 Å². The van der Waals surface area contributed by atoms with Crippen LogP contribution < -0.4 is 9.64 Å². The summed E-state index contributed by atoms with van der Waals surface area (Å²) >= 11 is 1.54. The summed E-state index contributed by atoms with van der Waals surface area (Å²) in [6.45, 7) is 3.36. The van der Waals surface area contributed by atoms with E-state index in [0.717, 1.165) is 27.5 Å². The van der Waals surface area contributed by atoms with Crippen molar-refractivity contribution in [2.45, 2.75) is 6.92 Å². The average Bonchev–Trinajstić information content (AvgIpc) is 3.06. The van der Waals surface area contributed by atoms with Crippen LogP contribution in [0.5, 0.6) is 5.75 Å². The van der Waals surface area contributed by atoms with Crippen LogP contribution in [0.2, 0.25) is 0 Å². The van der Waals surface area contributed by atoms with Gasteiger partial charge in [0, 0.05) is 13.1 Å². The van der Waals surface area contributed by atoms with Crippen molar-refractivity contribution >= 4 is 32.6 Å². The van der Waals surface area contributed by atoms with E-state index in [1.54, 1.807) is 16.2 Å². The Balaban J connectivity index is 1.81. The number of aryl methyl sites for hydroxylation is 1. The number of hydrogen-bond acceptors (Lipinski definition) is 5. The molecule has 0 unspecified atom stereocenters. The number of amides is 1. The Morgan fingerprint density at radius 3 is 2.54 bits per heavy atom. The van der Waals surface area contributed by atoms with Gasteiger partial charge in [0.05, 0.1) is 10.2 Å². The monoisotopic (exact) mass is 369 g/mol. The molecule has 3 rings (SSSR count). The van der Waals surface area contributed by atoms with Crippen molar-refractivity contribution in [1.82, 2.24) is 9.88 Å². The molecule has 3 aromatic rings. The fourth-order valence-electron chi connectivity index (χ4n) is 2.56. The van der Waals surface area contributed by atoms with Gasteiger partial charge in [-0.05, 0) is 44.8 Å². The van der Waals surface area contributed by atoms with Crippen LogP contribution in [0.1, 0.15) is 5.56 Å². The Morgan fingerprint density at radius 2 is 1.85 bits per heavy atom. The van der Waals surface area contributed by atoms with E-state index < -0.39 is 0 Å². The van der Waals surface area contributed by atoms with Crippen molar-refractivity contribution in [1.29, 1.82) is 0 Å². The maximum absolute atomic E-state index is 12.8. The molecule has 136 valence electrons. The quantitative estimate of drug-likeness (QED) is 0.639. The highest BCUT2D eigenvalue weighted by atomic mass is 32.1. The first-order valence-corrected chi connectivity index (χ1v) is 9.35. The Labute approximate surface area is 157 Å². The van der Waals surface area contributed by atoms with Crippen molar-refractivity contribution in [3.63, 3.8) is 0 Å². The number of anilines is 1. The van der Waals surface area contributed by atoms with Gasteiger partial charge in [0.15, 0.2) is 11.7 Å². The number of nitrogens with zero attached hydrogens (tertiary/aromatic N) is 3. The summed E-state index contributed by atoms with van der Waals surface area (Å²) < 4.78 is 6.74. The number of para-hydroxylation sites is 2. The molecule has 0 bridgehead atoms. The molecule has 0 aliphatic rings. The molecule has 6 heteroatoms. The number of carbonyl (C=O) groups excluding carboxylic acids is 1. The van der Waals surface area contributed by atoms with Crippen LogP contribution in [0.15, 0.2) is 48.5 Å². The number of aromatic nitrogens is 1. The molecule has 0 radical (unpaired) electrons.